The van der Waals surface area contributed by atoms with Crippen LogP contribution in [0.2, 0.25) is 0 Å². The fourth-order valence-electron chi connectivity index (χ4n) is 0.216. The van der Waals surface area contributed by atoms with Crippen LogP contribution in [0, 0.1) is 0 Å². The lowest BCUT2D eigenvalue weighted by Crippen LogP contribution is -2.44. The smallest absolute Gasteiger partial charge is 0.222 e. The Bertz CT molecular complexity index is 78.5. The Morgan fingerprint density at radius 1 is 1.88 bits per heavy atom. The largest absolute Gasteiger partial charge is 0.394 e. The fourth-order valence-corrected chi connectivity index (χ4v) is 0.216. The Kier molecular flexibility index (Phi) is 2.65. The molecule has 3 N–H and O–H groups in total. The second-order valence-corrected chi connectivity index (χ2v) is 1.77. The molecule has 0 bridgehead atoms. The number of aliphatic hydroxyl groups is 1. The topological polar surface area (TPSA) is 63.3 Å². The fraction of sp³-hybridized carbons (Fsp3) is 0.800. The molecule has 3 heteroatoms. The molecule has 0 aromatic rings. The highest BCUT2D eigenvalue weighted by Gasteiger charge is 2.20. The maximum absolute atomic E-state index is 9.88. The first-order valence-electron chi connectivity index (χ1n) is 2.47. The van der Waals surface area contributed by atoms with Crippen LogP contribution in [-0.2, 0) is 4.79 Å². The SMILES string of the molecule is CCC(N)([C]=O)CO. The Morgan fingerprint density at radius 3 is 2.38 bits per heavy atom. The first-order chi connectivity index (χ1) is 3.68. The van der Waals surface area contributed by atoms with Crippen molar-refractivity contribution in [2.75, 3.05) is 6.61 Å². The quantitative estimate of drug-likeness (QED) is 0.507. The van der Waals surface area contributed by atoms with Gasteiger partial charge in [-0.15, -0.1) is 0 Å². The van der Waals surface area contributed by atoms with E-state index in [0.717, 1.165) is 0 Å². The van der Waals surface area contributed by atoms with Crippen LogP contribution in [-0.4, -0.2) is 23.5 Å². The van der Waals surface area contributed by atoms with Crippen molar-refractivity contribution in [1.29, 1.82) is 0 Å². The van der Waals surface area contributed by atoms with Crippen molar-refractivity contribution in [2.24, 2.45) is 5.73 Å². The number of rotatable bonds is 3. The van der Waals surface area contributed by atoms with Crippen molar-refractivity contribution in [3.8, 4) is 0 Å². The molecule has 0 aliphatic heterocycles. The van der Waals surface area contributed by atoms with E-state index in [1.165, 1.54) is 0 Å². The normalized spacial score (nSPS) is 17.4. The number of aliphatic hydroxyl groups excluding tert-OH is 1. The molecule has 0 heterocycles. The number of hydrogen-bond donors (Lipinski definition) is 2. The van der Waals surface area contributed by atoms with Gasteiger partial charge < -0.3 is 10.8 Å². The molecule has 0 saturated carbocycles. The van der Waals surface area contributed by atoms with Crippen LogP contribution in [0.3, 0.4) is 0 Å². The summed E-state index contributed by atoms with van der Waals surface area (Å²) in [6.07, 6.45) is 1.98. The summed E-state index contributed by atoms with van der Waals surface area (Å²) < 4.78 is 0. The molecule has 0 aromatic heterocycles. The van der Waals surface area contributed by atoms with E-state index in [-0.39, 0.29) is 6.61 Å². The van der Waals surface area contributed by atoms with Gasteiger partial charge in [0.15, 0.2) is 0 Å². The highest BCUT2D eigenvalue weighted by Crippen LogP contribution is 1.98. The minimum atomic E-state index is -1.12. The molecule has 0 aliphatic rings. The molecule has 0 saturated heterocycles. The van der Waals surface area contributed by atoms with Crippen molar-refractivity contribution in [3.05, 3.63) is 0 Å². The van der Waals surface area contributed by atoms with Crippen molar-refractivity contribution < 1.29 is 9.90 Å². The number of hydrogen-bond acceptors (Lipinski definition) is 3. The van der Waals surface area contributed by atoms with Gasteiger partial charge in [-0.05, 0) is 6.42 Å². The van der Waals surface area contributed by atoms with Crippen molar-refractivity contribution in [2.45, 2.75) is 18.9 Å². The molecule has 0 aliphatic carbocycles. The summed E-state index contributed by atoms with van der Waals surface area (Å²) in [5.74, 6) is 0. The first kappa shape index (κ1) is 7.59. The van der Waals surface area contributed by atoms with E-state index in [1.807, 2.05) is 0 Å². The summed E-state index contributed by atoms with van der Waals surface area (Å²) in [7, 11) is 0. The van der Waals surface area contributed by atoms with E-state index >= 15 is 0 Å². The average molecular weight is 116 g/mol. The van der Waals surface area contributed by atoms with E-state index in [2.05, 4.69) is 0 Å². The Balaban J connectivity index is 3.76. The number of carbonyl (C=O) groups excluding carboxylic acids is 1. The molecule has 0 aromatic carbocycles. The van der Waals surface area contributed by atoms with Crippen molar-refractivity contribution in [1.82, 2.24) is 0 Å². The number of nitrogens with two attached hydrogens (primary N) is 1. The van der Waals surface area contributed by atoms with Crippen molar-refractivity contribution >= 4 is 6.29 Å². The second kappa shape index (κ2) is 2.79. The van der Waals surface area contributed by atoms with E-state index < -0.39 is 5.54 Å². The standard InChI is InChI=1S/C5H10NO2/c1-2-5(6,3-7)4-8/h7H,2-3,6H2,1H3. The summed E-state index contributed by atoms with van der Waals surface area (Å²) in [5, 5.41) is 8.40. The van der Waals surface area contributed by atoms with Crippen molar-refractivity contribution in [3.63, 3.8) is 0 Å². The third-order valence-corrected chi connectivity index (χ3v) is 1.12. The van der Waals surface area contributed by atoms with Crippen LogP contribution in [0.25, 0.3) is 0 Å². The van der Waals surface area contributed by atoms with Gasteiger partial charge in [0.05, 0.1) is 6.61 Å². The van der Waals surface area contributed by atoms with Gasteiger partial charge in [0.1, 0.15) is 5.54 Å². The lowest BCUT2D eigenvalue weighted by Gasteiger charge is -2.14. The molecule has 1 radical (unpaired) electrons. The summed E-state index contributed by atoms with van der Waals surface area (Å²) in [4.78, 5) is 9.88. The molecular weight excluding hydrogens is 106 g/mol. The van der Waals surface area contributed by atoms with E-state index in [4.69, 9.17) is 10.8 Å². The monoisotopic (exact) mass is 116 g/mol. The van der Waals surface area contributed by atoms with Gasteiger partial charge in [-0.2, -0.15) is 0 Å². The summed E-state index contributed by atoms with van der Waals surface area (Å²) in [5.41, 5.74) is 4.10. The third-order valence-electron chi connectivity index (χ3n) is 1.12. The van der Waals surface area contributed by atoms with Crippen LogP contribution in [0.5, 0.6) is 0 Å². The van der Waals surface area contributed by atoms with Crippen LogP contribution in [0.4, 0.5) is 0 Å². The second-order valence-electron chi connectivity index (χ2n) is 1.77. The Hall–Kier alpha value is -0.410. The molecule has 1 atom stereocenters. The average Bonchev–Trinajstić information content (AvgIpc) is 1.87. The van der Waals surface area contributed by atoms with E-state index in [9.17, 15) is 4.79 Å². The van der Waals surface area contributed by atoms with Gasteiger partial charge in [0.25, 0.3) is 0 Å². The third kappa shape index (κ3) is 1.60. The van der Waals surface area contributed by atoms with E-state index in [1.54, 1.807) is 13.2 Å². The highest BCUT2D eigenvalue weighted by atomic mass is 16.3. The lowest BCUT2D eigenvalue weighted by molar-refractivity contribution is 0.231. The molecular formula is C5H10NO2. The summed E-state index contributed by atoms with van der Waals surface area (Å²) in [6.45, 7) is 1.40. The van der Waals surface area contributed by atoms with Gasteiger partial charge >= 0.3 is 0 Å². The molecule has 3 nitrogen and oxygen atoms in total. The molecule has 0 rings (SSSR count). The van der Waals surface area contributed by atoms with Gasteiger partial charge in [0.2, 0.25) is 6.29 Å². The van der Waals surface area contributed by atoms with Gasteiger partial charge in [-0.25, -0.2) is 0 Å². The van der Waals surface area contributed by atoms with Crippen LogP contribution >= 0.6 is 0 Å². The molecule has 0 amide bonds. The molecule has 47 valence electrons. The molecule has 0 spiro atoms. The van der Waals surface area contributed by atoms with Crippen LogP contribution in [0.15, 0.2) is 0 Å². The Morgan fingerprint density at radius 2 is 2.38 bits per heavy atom. The highest BCUT2D eigenvalue weighted by molar-refractivity contribution is 5.64. The summed E-state index contributed by atoms with van der Waals surface area (Å²) in [6, 6.07) is 0. The zero-order valence-corrected chi connectivity index (χ0v) is 4.85. The van der Waals surface area contributed by atoms with Gasteiger partial charge in [-0.3, -0.25) is 4.79 Å². The molecule has 1 unspecified atom stereocenters. The summed E-state index contributed by atoms with van der Waals surface area (Å²) >= 11 is 0. The molecule has 0 fully saturated rings. The van der Waals surface area contributed by atoms with Gasteiger partial charge in [0, 0.05) is 0 Å². The maximum Gasteiger partial charge on any atom is 0.222 e. The van der Waals surface area contributed by atoms with Crippen LogP contribution in [0.1, 0.15) is 13.3 Å². The zero-order chi connectivity index (χ0) is 6.62. The predicted molar refractivity (Wildman–Crippen MR) is 30.0 cm³/mol. The first-order valence-corrected chi connectivity index (χ1v) is 2.47. The zero-order valence-electron chi connectivity index (χ0n) is 4.85. The lowest BCUT2D eigenvalue weighted by atomic mass is 10.0. The van der Waals surface area contributed by atoms with Crippen LogP contribution < -0.4 is 5.73 Å². The van der Waals surface area contributed by atoms with E-state index in [0.29, 0.717) is 6.42 Å². The van der Waals surface area contributed by atoms with Gasteiger partial charge in [-0.1, -0.05) is 6.92 Å². The predicted octanol–water partition coefficient (Wildman–Crippen LogP) is -0.804. The molecule has 8 heavy (non-hydrogen) atoms. The Labute approximate surface area is 48.5 Å². The minimum Gasteiger partial charge on any atom is -0.394 e. The minimum absolute atomic E-state index is 0.326. The maximum atomic E-state index is 9.88.